The predicted octanol–water partition coefficient (Wildman–Crippen LogP) is 3.59. The van der Waals surface area contributed by atoms with E-state index in [4.69, 9.17) is 11.6 Å². The number of nitrogens with one attached hydrogen (secondary N) is 1. The van der Waals surface area contributed by atoms with Crippen molar-refractivity contribution in [2.45, 2.75) is 31.2 Å². The number of anilines is 1. The van der Waals surface area contributed by atoms with Gasteiger partial charge in [-0.3, -0.25) is 9.69 Å². The summed E-state index contributed by atoms with van der Waals surface area (Å²) in [5, 5.41) is 4.02. The van der Waals surface area contributed by atoms with Gasteiger partial charge in [-0.15, -0.1) is 24.2 Å². The summed E-state index contributed by atoms with van der Waals surface area (Å²) < 4.78 is 0. The topological polar surface area (TPSA) is 35.6 Å². The summed E-state index contributed by atoms with van der Waals surface area (Å²) in [5.41, 5.74) is 1.22. The number of piperazine rings is 1. The number of amides is 1. The molecule has 7 heteroatoms. The molecule has 0 bridgehead atoms. The lowest BCUT2D eigenvalue weighted by Gasteiger charge is -2.45. The standard InChI is InChI=1S/C17H24ClN3OS.ClH/c1-2-3-8-17(19-16(22)13-23-17)21-11-9-20(10-12-21)15-6-4-14(18)5-7-15;/h4-7H,2-3,8-13H2,1H3,(H,19,22);1H. The SMILES string of the molecule is CCCCC1(N2CCN(c3ccc(Cl)cc3)CC2)NC(=O)CS1.Cl. The fourth-order valence-electron chi connectivity index (χ4n) is 3.33. The molecule has 0 spiro atoms. The van der Waals surface area contributed by atoms with Crippen molar-refractivity contribution in [1.29, 1.82) is 0 Å². The number of rotatable bonds is 5. The van der Waals surface area contributed by atoms with Crippen LogP contribution in [0.15, 0.2) is 24.3 Å². The van der Waals surface area contributed by atoms with Crippen LogP contribution in [0.2, 0.25) is 5.02 Å². The van der Waals surface area contributed by atoms with E-state index in [1.54, 1.807) is 11.8 Å². The van der Waals surface area contributed by atoms with Crippen LogP contribution in [0.5, 0.6) is 0 Å². The number of thioether (sulfide) groups is 1. The maximum absolute atomic E-state index is 11.8. The Morgan fingerprint density at radius 2 is 1.88 bits per heavy atom. The number of carbonyl (C=O) groups excluding carboxylic acids is 1. The first kappa shape index (κ1) is 19.7. The molecule has 134 valence electrons. The molecule has 0 aromatic heterocycles. The van der Waals surface area contributed by atoms with Gasteiger partial charge < -0.3 is 10.2 Å². The van der Waals surface area contributed by atoms with E-state index >= 15 is 0 Å². The van der Waals surface area contributed by atoms with Gasteiger partial charge in [0.2, 0.25) is 5.91 Å². The average molecular weight is 390 g/mol. The quantitative estimate of drug-likeness (QED) is 0.834. The molecule has 2 heterocycles. The molecule has 2 fully saturated rings. The Morgan fingerprint density at radius 3 is 2.42 bits per heavy atom. The monoisotopic (exact) mass is 389 g/mol. The normalized spacial score (nSPS) is 24.6. The average Bonchev–Trinajstić information content (AvgIpc) is 2.96. The maximum atomic E-state index is 11.8. The lowest BCUT2D eigenvalue weighted by molar-refractivity contribution is -0.120. The molecular weight excluding hydrogens is 365 g/mol. The van der Waals surface area contributed by atoms with Crippen molar-refractivity contribution in [3.05, 3.63) is 29.3 Å². The van der Waals surface area contributed by atoms with Crippen molar-refractivity contribution in [2.24, 2.45) is 0 Å². The lowest BCUT2D eigenvalue weighted by atomic mass is 10.1. The Hall–Kier alpha value is -0.620. The molecule has 24 heavy (non-hydrogen) atoms. The molecular formula is C17H25Cl2N3OS. The number of unbranched alkanes of at least 4 members (excludes halogenated alkanes) is 1. The summed E-state index contributed by atoms with van der Waals surface area (Å²) in [7, 11) is 0. The minimum atomic E-state index is -0.181. The van der Waals surface area contributed by atoms with Crippen molar-refractivity contribution in [2.75, 3.05) is 36.8 Å². The molecule has 2 saturated heterocycles. The van der Waals surface area contributed by atoms with Gasteiger partial charge >= 0.3 is 0 Å². The van der Waals surface area contributed by atoms with Gasteiger partial charge in [-0.1, -0.05) is 24.9 Å². The molecule has 0 radical (unpaired) electrons. The summed E-state index contributed by atoms with van der Waals surface area (Å²) in [4.78, 5) is 16.5. The molecule has 1 aromatic carbocycles. The van der Waals surface area contributed by atoms with E-state index in [2.05, 4.69) is 34.2 Å². The maximum Gasteiger partial charge on any atom is 0.232 e. The number of hydrogen-bond donors (Lipinski definition) is 1. The molecule has 0 aliphatic carbocycles. The highest BCUT2D eigenvalue weighted by Gasteiger charge is 2.44. The van der Waals surface area contributed by atoms with Gasteiger partial charge in [-0.05, 0) is 37.1 Å². The fraction of sp³-hybridized carbons (Fsp3) is 0.588. The summed E-state index contributed by atoms with van der Waals surface area (Å²) in [6.07, 6.45) is 3.33. The van der Waals surface area contributed by atoms with Crippen molar-refractivity contribution < 1.29 is 4.79 Å². The van der Waals surface area contributed by atoms with Gasteiger partial charge in [0, 0.05) is 36.9 Å². The van der Waals surface area contributed by atoms with Crippen molar-refractivity contribution in [3.8, 4) is 0 Å². The highest BCUT2D eigenvalue weighted by Crippen LogP contribution is 2.37. The van der Waals surface area contributed by atoms with Gasteiger partial charge in [-0.25, -0.2) is 0 Å². The smallest absolute Gasteiger partial charge is 0.232 e. The Kier molecular flexibility index (Phi) is 7.10. The summed E-state index contributed by atoms with van der Waals surface area (Å²) in [6, 6.07) is 8.05. The van der Waals surface area contributed by atoms with Crippen LogP contribution in [0.3, 0.4) is 0 Å². The Morgan fingerprint density at radius 1 is 1.21 bits per heavy atom. The van der Waals surface area contributed by atoms with Crippen LogP contribution in [0.1, 0.15) is 26.2 Å². The molecule has 2 aliphatic heterocycles. The number of hydrogen-bond acceptors (Lipinski definition) is 4. The zero-order valence-corrected chi connectivity index (χ0v) is 16.4. The van der Waals surface area contributed by atoms with Gasteiger partial charge in [0.25, 0.3) is 0 Å². The molecule has 1 unspecified atom stereocenters. The Bertz CT molecular complexity index is 549. The molecule has 1 amide bonds. The minimum absolute atomic E-state index is 0. The molecule has 0 saturated carbocycles. The van der Waals surface area contributed by atoms with Gasteiger partial charge in [-0.2, -0.15) is 0 Å². The number of carbonyl (C=O) groups is 1. The number of halogens is 2. The first-order chi connectivity index (χ1) is 11.1. The fourth-order valence-corrected chi connectivity index (χ4v) is 4.74. The molecule has 1 aromatic rings. The van der Waals surface area contributed by atoms with Crippen LogP contribution in [-0.4, -0.2) is 47.7 Å². The van der Waals surface area contributed by atoms with Crippen LogP contribution < -0.4 is 10.2 Å². The summed E-state index contributed by atoms with van der Waals surface area (Å²) >= 11 is 7.74. The third kappa shape index (κ3) is 4.31. The minimum Gasteiger partial charge on any atom is -0.369 e. The lowest BCUT2D eigenvalue weighted by Crippen LogP contribution is -2.60. The molecule has 1 N–H and O–H groups in total. The molecule has 3 rings (SSSR count). The Labute approximate surface area is 159 Å². The van der Waals surface area contributed by atoms with Crippen LogP contribution in [0, 0.1) is 0 Å². The summed E-state index contributed by atoms with van der Waals surface area (Å²) in [6.45, 7) is 6.10. The summed E-state index contributed by atoms with van der Waals surface area (Å²) in [5.74, 6) is 0.757. The molecule has 2 aliphatic rings. The van der Waals surface area contributed by atoms with Crippen LogP contribution in [-0.2, 0) is 4.79 Å². The first-order valence-electron chi connectivity index (χ1n) is 8.33. The highest BCUT2D eigenvalue weighted by molar-refractivity contribution is 8.01. The van der Waals surface area contributed by atoms with Crippen LogP contribution in [0.4, 0.5) is 5.69 Å². The first-order valence-corrected chi connectivity index (χ1v) is 9.70. The number of benzene rings is 1. The van der Waals surface area contributed by atoms with Crippen molar-refractivity contribution in [3.63, 3.8) is 0 Å². The van der Waals surface area contributed by atoms with E-state index < -0.39 is 0 Å². The van der Waals surface area contributed by atoms with Crippen molar-refractivity contribution in [1.82, 2.24) is 10.2 Å². The zero-order chi connectivity index (χ0) is 16.3. The van der Waals surface area contributed by atoms with E-state index in [9.17, 15) is 4.79 Å². The van der Waals surface area contributed by atoms with Crippen molar-refractivity contribution >= 4 is 47.4 Å². The third-order valence-electron chi connectivity index (χ3n) is 4.63. The van der Waals surface area contributed by atoms with Gasteiger partial charge in [0.05, 0.1) is 5.75 Å². The van der Waals surface area contributed by atoms with E-state index in [1.165, 1.54) is 5.69 Å². The molecule has 4 nitrogen and oxygen atoms in total. The largest absolute Gasteiger partial charge is 0.369 e. The number of nitrogens with zero attached hydrogens (tertiary/aromatic N) is 2. The second-order valence-electron chi connectivity index (χ2n) is 6.18. The van der Waals surface area contributed by atoms with E-state index in [0.717, 1.165) is 50.5 Å². The highest BCUT2D eigenvalue weighted by atomic mass is 35.5. The zero-order valence-electron chi connectivity index (χ0n) is 14.0. The third-order valence-corrected chi connectivity index (χ3v) is 6.33. The van der Waals surface area contributed by atoms with E-state index in [1.807, 2.05) is 12.1 Å². The van der Waals surface area contributed by atoms with E-state index in [0.29, 0.717) is 5.75 Å². The van der Waals surface area contributed by atoms with Gasteiger partial charge in [0.15, 0.2) is 0 Å². The van der Waals surface area contributed by atoms with Crippen LogP contribution in [0.25, 0.3) is 0 Å². The van der Waals surface area contributed by atoms with Crippen LogP contribution >= 0.6 is 35.8 Å². The second-order valence-corrected chi connectivity index (χ2v) is 7.86. The Balaban J connectivity index is 0.00000208. The van der Waals surface area contributed by atoms with Gasteiger partial charge in [0.1, 0.15) is 4.99 Å². The molecule has 1 atom stereocenters. The van der Waals surface area contributed by atoms with E-state index in [-0.39, 0.29) is 23.3 Å². The predicted molar refractivity (Wildman–Crippen MR) is 105 cm³/mol. The second kappa shape index (κ2) is 8.65.